The highest BCUT2D eigenvalue weighted by Gasteiger charge is 2.12. The number of nitrogens with one attached hydrogen (secondary N) is 2. The van der Waals surface area contributed by atoms with Crippen LogP contribution >= 0.6 is 0 Å². The largest absolute Gasteiger partial charge is 0.348 e. The number of carbonyl (C=O) groups is 1. The molecule has 0 radical (unpaired) electrons. The number of carbonyl (C=O) groups excluding carboxylic acids is 1. The Hall–Kier alpha value is -3.04. The summed E-state index contributed by atoms with van der Waals surface area (Å²) in [6, 6.07) is 10.8. The van der Waals surface area contributed by atoms with Crippen molar-refractivity contribution in [3.63, 3.8) is 0 Å². The molecule has 1 aromatic heterocycles. The molecule has 1 heterocycles. The van der Waals surface area contributed by atoms with Gasteiger partial charge in [0.25, 0.3) is 5.91 Å². The average Bonchev–Trinajstić information content (AvgIpc) is 2.60. The molecule has 2 aromatic carbocycles. The number of hydrogen-bond acceptors (Lipinski definition) is 4. The zero-order valence-electron chi connectivity index (χ0n) is 13.3. The van der Waals surface area contributed by atoms with Crippen LogP contribution in [0.3, 0.4) is 0 Å². The molecule has 0 aliphatic rings. The van der Waals surface area contributed by atoms with Crippen molar-refractivity contribution in [2.75, 3.05) is 0 Å². The molecule has 0 aliphatic carbocycles. The highest BCUT2D eigenvalue weighted by Crippen LogP contribution is 2.13. The molecule has 4 N–H and O–H groups in total. The Balaban J connectivity index is 1.79. The van der Waals surface area contributed by atoms with Gasteiger partial charge in [-0.1, -0.05) is 18.2 Å². The predicted molar refractivity (Wildman–Crippen MR) is 93.5 cm³/mol. The van der Waals surface area contributed by atoms with Gasteiger partial charge in [0.15, 0.2) is 5.43 Å². The number of sulfonamides is 1. The number of benzene rings is 2. The van der Waals surface area contributed by atoms with Gasteiger partial charge in [0.2, 0.25) is 10.0 Å². The number of pyridine rings is 1. The first-order valence-electron chi connectivity index (χ1n) is 7.47. The van der Waals surface area contributed by atoms with Gasteiger partial charge in [-0.25, -0.2) is 17.9 Å². The number of H-pyrrole nitrogens is 1. The molecular formula is C17H14FN3O4S. The molecule has 26 heavy (non-hydrogen) atoms. The van der Waals surface area contributed by atoms with E-state index in [0.717, 1.165) is 6.07 Å². The van der Waals surface area contributed by atoms with Crippen LogP contribution in [0.25, 0.3) is 10.9 Å². The molecule has 0 spiro atoms. The molecule has 134 valence electrons. The van der Waals surface area contributed by atoms with Crippen molar-refractivity contribution in [2.45, 2.75) is 11.4 Å². The maximum absolute atomic E-state index is 13.8. The fourth-order valence-corrected chi connectivity index (χ4v) is 2.95. The Morgan fingerprint density at radius 1 is 1.15 bits per heavy atom. The van der Waals surface area contributed by atoms with E-state index in [2.05, 4.69) is 10.3 Å². The Bertz CT molecular complexity index is 1150. The summed E-state index contributed by atoms with van der Waals surface area (Å²) in [6.45, 7) is 0.0844. The third-order valence-corrected chi connectivity index (χ3v) is 4.69. The molecule has 0 saturated carbocycles. The standard InChI is InChI=1S/C17H14FN3O4S/c18-13-3-1-2-12-15(22)8-14(21-16(12)13)17(23)20-9-10-4-6-11(7-5-10)26(19,24)25/h1-8H,9H2,(H,20,23)(H,21,22)(H2,19,24,25). The summed E-state index contributed by atoms with van der Waals surface area (Å²) in [7, 11) is -3.79. The van der Waals surface area contributed by atoms with E-state index in [1.54, 1.807) is 0 Å². The Morgan fingerprint density at radius 2 is 1.85 bits per heavy atom. The van der Waals surface area contributed by atoms with Crippen molar-refractivity contribution in [1.29, 1.82) is 0 Å². The Morgan fingerprint density at radius 3 is 2.50 bits per heavy atom. The molecule has 3 aromatic rings. The minimum absolute atomic E-state index is 0.0392. The summed E-state index contributed by atoms with van der Waals surface area (Å²) in [6.07, 6.45) is 0. The summed E-state index contributed by atoms with van der Waals surface area (Å²) < 4.78 is 36.2. The summed E-state index contributed by atoms with van der Waals surface area (Å²) in [4.78, 5) is 26.8. The molecule has 0 saturated heterocycles. The zero-order chi connectivity index (χ0) is 18.9. The number of amides is 1. The fourth-order valence-electron chi connectivity index (χ4n) is 2.43. The van der Waals surface area contributed by atoms with E-state index < -0.39 is 27.2 Å². The van der Waals surface area contributed by atoms with Gasteiger partial charge in [0.1, 0.15) is 11.5 Å². The molecule has 0 atom stereocenters. The minimum atomic E-state index is -3.79. The average molecular weight is 375 g/mol. The summed E-state index contributed by atoms with van der Waals surface area (Å²) in [5.41, 5.74) is 0.0392. The zero-order valence-corrected chi connectivity index (χ0v) is 14.1. The smallest absolute Gasteiger partial charge is 0.268 e. The molecule has 9 heteroatoms. The highest BCUT2D eigenvalue weighted by atomic mass is 32.2. The third-order valence-electron chi connectivity index (χ3n) is 3.76. The lowest BCUT2D eigenvalue weighted by Crippen LogP contribution is -2.25. The molecule has 1 amide bonds. The summed E-state index contributed by atoms with van der Waals surface area (Å²) in [5.74, 6) is -1.23. The van der Waals surface area contributed by atoms with Crippen LogP contribution in [0.4, 0.5) is 4.39 Å². The predicted octanol–water partition coefficient (Wildman–Crippen LogP) is 1.24. The normalized spacial score (nSPS) is 11.5. The maximum Gasteiger partial charge on any atom is 0.268 e. The second-order valence-electron chi connectivity index (χ2n) is 5.58. The number of nitrogens with two attached hydrogens (primary N) is 1. The van der Waals surface area contributed by atoms with E-state index in [1.165, 1.54) is 42.5 Å². The van der Waals surface area contributed by atoms with E-state index >= 15 is 0 Å². The van der Waals surface area contributed by atoms with Gasteiger partial charge >= 0.3 is 0 Å². The molecular weight excluding hydrogens is 361 g/mol. The van der Waals surface area contributed by atoms with E-state index in [-0.39, 0.29) is 28.0 Å². The van der Waals surface area contributed by atoms with Crippen LogP contribution in [0, 0.1) is 5.82 Å². The minimum Gasteiger partial charge on any atom is -0.348 e. The molecule has 0 unspecified atom stereocenters. The number of rotatable bonds is 4. The van der Waals surface area contributed by atoms with E-state index in [9.17, 15) is 22.4 Å². The van der Waals surface area contributed by atoms with E-state index in [1.807, 2.05) is 0 Å². The topological polar surface area (TPSA) is 122 Å². The number of halogens is 1. The van der Waals surface area contributed by atoms with Gasteiger partial charge in [0, 0.05) is 18.0 Å². The van der Waals surface area contributed by atoms with E-state index in [0.29, 0.717) is 5.56 Å². The SMILES string of the molecule is NS(=O)(=O)c1ccc(CNC(=O)c2cc(=O)c3cccc(F)c3[nH]2)cc1. The maximum atomic E-state index is 13.8. The van der Waals surface area contributed by atoms with Crippen LogP contribution in [-0.4, -0.2) is 19.3 Å². The number of hydrogen-bond donors (Lipinski definition) is 3. The summed E-state index contributed by atoms with van der Waals surface area (Å²) in [5, 5.41) is 7.74. The summed E-state index contributed by atoms with van der Waals surface area (Å²) >= 11 is 0. The molecule has 7 nitrogen and oxygen atoms in total. The Kier molecular flexibility index (Phi) is 4.58. The van der Waals surface area contributed by atoms with Crippen molar-refractivity contribution >= 4 is 26.8 Å². The molecule has 0 fully saturated rings. The first-order valence-corrected chi connectivity index (χ1v) is 9.02. The van der Waals surface area contributed by atoms with Gasteiger partial charge in [-0.05, 0) is 29.8 Å². The lowest BCUT2D eigenvalue weighted by Gasteiger charge is -2.08. The number of para-hydroxylation sites is 1. The van der Waals surface area contributed by atoms with Crippen LogP contribution in [0.5, 0.6) is 0 Å². The lowest BCUT2D eigenvalue weighted by molar-refractivity contribution is 0.0946. The fraction of sp³-hybridized carbons (Fsp3) is 0.0588. The van der Waals surface area contributed by atoms with Crippen LogP contribution in [-0.2, 0) is 16.6 Å². The van der Waals surface area contributed by atoms with Gasteiger partial charge in [-0.2, -0.15) is 0 Å². The van der Waals surface area contributed by atoms with Crippen molar-refractivity contribution in [2.24, 2.45) is 5.14 Å². The molecule has 0 bridgehead atoms. The van der Waals surface area contributed by atoms with Crippen LogP contribution in [0.1, 0.15) is 16.1 Å². The highest BCUT2D eigenvalue weighted by molar-refractivity contribution is 7.89. The van der Waals surface area contributed by atoms with Crippen LogP contribution in [0.2, 0.25) is 0 Å². The van der Waals surface area contributed by atoms with Crippen LogP contribution in [0.15, 0.2) is 58.2 Å². The van der Waals surface area contributed by atoms with Crippen LogP contribution < -0.4 is 15.9 Å². The number of fused-ring (bicyclic) bond motifs is 1. The molecule has 0 aliphatic heterocycles. The van der Waals surface area contributed by atoms with Gasteiger partial charge < -0.3 is 10.3 Å². The third kappa shape index (κ3) is 3.63. The number of aromatic nitrogens is 1. The van der Waals surface area contributed by atoms with Gasteiger partial charge in [0.05, 0.1) is 10.4 Å². The van der Waals surface area contributed by atoms with Crippen molar-refractivity contribution in [3.05, 3.63) is 75.8 Å². The first kappa shape index (κ1) is 17.8. The second kappa shape index (κ2) is 6.70. The van der Waals surface area contributed by atoms with Gasteiger partial charge in [-0.3, -0.25) is 9.59 Å². The lowest BCUT2D eigenvalue weighted by atomic mass is 10.1. The molecule has 3 rings (SSSR count). The first-order chi connectivity index (χ1) is 12.3. The number of primary sulfonamides is 1. The van der Waals surface area contributed by atoms with Gasteiger partial charge in [-0.15, -0.1) is 0 Å². The Labute approximate surface area is 147 Å². The van der Waals surface area contributed by atoms with Crippen molar-refractivity contribution < 1.29 is 17.6 Å². The number of aromatic amines is 1. The monoisotopic (exact) mass is 375 g/mol. The van der Waals surface area contributed by atoms with Crippen molar-refractivity contribution in [1.82, 2.24) is 10.3 Å². The quantitative estimate of drug-likeness (QED) is 0.635. The van der Waals surface area contributed by atoms with E-state index in [4.69, 9.17) is 5.14 Å². The van der Waals surface area contributed by atoms with Crippen molar-refractivity contribution in [3.8, 4) is 0 Å². The second-order valence-corrected chi connectivity index (χ2v) is 7.14.